The summed E-state index contributed by atoms with van der Waals surface area (Å²) in [5.41, 5.74) is 9.83. The van der Waals surface area contributed by atoms with Crippen LogP contribution in [0.25, 0.3) is 88.5 Å². The molecule has 8 aromatic carbocycles. The fourth-order valence-electron chi connectivity index (χ4n) is 7.05. The van der Waals surface area contributed by atoms with Gasteiger partial charge in [0.15, 0.2) is 5.82 Å². The van der Waals surface area contributed by atoms with Gasteiger partial charge in [-0.15, -0.1) is 0 Å². The van der Waals surface area contributed by atoms with Crippen molar-refractivity contribution in [3.63, 3.8) is 0 Å². The van der Waals surface area contributed by atoms with Crippen molar-refractivity contribution in [3.8, 4) is 62.2 Å². The Hall–Kier alpha value is -6.89. The summed E-state index contributed by atoms with van der Waals surface area (Å²) in [6.07, 6.45) is 0. The van der Waals surface area contributed by atoms with Crippen LogP contribution in [0.2, 0.25) is 0 Å². The Morgan fingerprint density at radius 3 is 1.74 bits per heavy atom. The zero-order valence-electron chi connectivity index (χ0n) is 27.1. The van der Waals surface area contributed by atoms with E-state index >= 15 is 0 Å². The Kier molecular flexibility index (Phi) is 7.19. The lowest BCUT2D eigenvalue weighted by Gasteiger charge is -2.16. The topological polar surface area (TPSA) is 49.6 Å². The van der Waals surface area contributed by atoms with E-state index in [4.69, 9.17) is 9.97 Å². The second-order valence-electron chi connectivity index (χ2n) is 12.5. The van der Waals surface area contributed by atoms with E-state index in [2.05, 4.69) is 152 Å². The van der Waals surface area contributed by atoms with Crippen LogP contribution in [0, 0.1) is 11.3 Å². The highest BCUT2D eigenvalue weighted by Gasteiger charge is 2.19. The van der Waals surface area contributed by atoms with E-state index in [1.807, 2.05) is 30.3 Å². The first-order valence-corrected chi connectivity index (χ1v) is 16.7. The van der Waals surface area contributed by atoms with Crippen molar-refractivity contribution in [1.82, 2.24) is 9.97 Å². The molecule has 232 valence electrons. The molecule has 0 fully saturated rings. The highest BCUT2D eigenvalue weighted by atomic mass is 14.9. The van der Waals surface area contributed by atoms with Gasteiger partial charge in [-0.25, -0.2) is 9.97 Å². The fraction of sp³-hybridized carbons (Fsp3) is 0. The highest BCUT2D eigenvalue weighted by Crippen LogP contribution is 2.40. The summed E-state index contributed by atoms with van der Waals surface area (Å²) in [5, 5.41) is 16.2. The summed E-state index contributed by atoms with van der Waals surface area (Å²) in [7, 11) is 0. The third-order valence-corrected chi connectivity index (χ3v) is 9.54. The lowest BCUT2D eigenvalue weighted by molar-refractivity contribution is 1.19. The van der Waals surface area contributed by atoms with Gasteiger partial charge in [0.2, 0.25) is 0 Å². The normalized spacial score (nSPS) is 11.2. The molecule has 1 heterocycles. The molecule has 3 heteroatoms. The number of benzene rings is 8. The predicted octanol–water partition coefficient (Wildman–Crippen LogP) is 12.1. The second-order valence-corrected chi connectivity index (χ2v) is 12.5. The molecule has 9 rings (SSSR count). The molecule has 0 aliphatic rings. The van der Waals surface area contributed by atoms with Crippen molar-refractivity contribution >= 4 is 32.3 Å². The SMILES string of the molecule is N#Cc1ccc(-c2ccc(-c3cc(-c4ccccc4-c4ccccc4)nc(-c4c5ccccc5cc5c4ccc4ccccc45)n3)cc2)cc1. The number of hydrogen-bond acceptors (Lipinski definition) is 3. The lowest BCUT2D eigenvalue weighted by atomic mass is 9.92. The van der Waals surface area contributed by atoms with Crippen molar-refractivity contribution in [3.05, 3.63) is 181 Å². The van der Waals surface area contributed by atoms with Crippen LogP contribution in [-0.4, -0.2) is 9.97 Å². The molecule has 0 atom stereocenters. The predicted molar refractivity (Wildman–Crippen MR) is 206 cm³/mol. The quantitative estimate of drug-likeness (QED) is 0.140. The van der Waals surface area contributed by atoms with E-state index in [0.717, 1.165) is 66.5 Å². The Balaban J connectivity index is 1.30. The molecule has 3 nitrogen and oxygen atoms in total. The van der Waals surface area contributed by atoms with Crippen LogP contribution in [0.5, 0.6) is 0 Å². The minimum absolute atomic E-state index is 0.649. The van der Waals surface area contributed by atoms with E-state index in [-0.39, 0.29) is 0 Å². The largest absolute Gasteiger partial charge is 0.228 e. The van der Waals surface area contributed by atoms with Gasteiger partial charge in [0.25, 0.3) is 0 Å². The van der Waals surface area contributed by atoms with E-state index < -0.39 is 0 Å². The van der Waals surface area contributed by atoms with Gasteiger partial charge < -0.3 is 0 Å². The first-order chi connectivity index (χ1) is 24.7. The molecule has 0 aliphatic heterocycles. The summed E-state index contributed by atoms with van der Waals surface area (Å²) in [4.78, 5) is 10.8. The van der Waals surface area contributed by atoms with Crippen LogP contribution in [0.1, 0.15) is 5.56 Å². The number of fused-ring (bicyclic) bond motifs is 4. The summed E-state index contributed by atoms with van der Waals surface area (Å²) >= 11 is 0. The van der Waals surface area contributed by atoms with Crippen molar-refractivity contribution in [2.24, 2.45) is 0 Å². The average Bonchev–Trinajstić information content (AvgIpc) is 3.20. The molecule has 0 spiro atoms. The zero-order chi connectivity index (χ0) is 33.4. The lowest BCUT2D eigenvalue weighted by Crippen LogP contribution is -1.98. The standard InChI is InChI=1S/C47H29N3/c48-30-31-18-20-32(21-19-31)33-22-24-36(25-23-33)44-29-45(41-17-9-8-14-38(41)34-10-2-1-3-11-34)50-47(49-44)46-40-16-7-5-13-37(40)28-43-39-15-6-4-12-35(39)26-27-42(43)46/h1-29H. The molecule has 0 N–H and O–H groups in total. The molecule has 0 saturated heterocycles. The van der Waals surface area contributed by atoms with Crippen LogP contribution in [0.3, 0.4) is 0 Å². The van der Waals surface area contributed by atoms with Gasteiger partial charge in [-0.2, -0.15) is 5.26 Å². The number of rotatable bonds is 5. The van der Waals surface area contributed by atoms with Gasteiger partial charge in [0.05, 0.1) is 23.0 Å². The van der Waals surface area contributed by atoms with Crippen LogP contribution in [0.4, 0.5) is 0 Å². The van der Waals surface area contributed by atoms with Crippen LogP contribution >= 0.6 is 0 Å². The molecule has 0 bridgehead atoms. The van der Waals surface area contributed by atoms with E-state index in [1.165, 1.54) is 16.2 Å². The molecule has 9 aromatic rings. The fourth-order valence-corrected chi connectivity index (χ4v) is 7.05. The van der Waals surface area contributed by atoms with Crippen LogP contribution in [-0.2, 0) is 0 Å². The Bertz CT molecular complexity index is 2740. The molecule has 0 radical (unpaired) electrons. The van der Waals surface area contributed by atoms with Gasteiger partial charge in [-0.1, -0.05) is 152 Å². The highest BCUT2D eigenvalue weighted by molar-refractivity contribution is 6.19. The maximum absolute atomic E-state index is 9.25. The number of nitrogens with zero attached hydrogens (tertiary/aromatic N) is 3. The average molecular weight is 636 g/mol. The van der Waals surface area contributed by atoms with Crippen LogP contribution < -0.4 is 0 Å². The molecule has 0 amide bonds. The summed E-state index contributed by atoms with van der Waals surface area (Å²) in [5.74, 6) is 0.689. The van der Waals surface area contributed by atoms with Crippen molar-refractivity contribution in [2.75, 3.05) is 0 Å². The van der Waals surface area contributed by atoms with Gasteiger partial charge >= 0.3 is 0 Å². The van der Waals surface area contributed by atoms with Crippen molar-refractivity contribution in [1.29, 1.82) is 5.26 Å². The summed E-state index contributed by atoms with van der Waals surface area (Å²) in [6.45, 7) is 0. The van der Waals surface area contributed by atoms with Gasteiger partial charge in [0.1, 0.15) is 0 Å². The van der Waals surface area contributed by atoms with Crippen molar-refractivity contribution < 1.29 is 0 Å². The molecular formula is C47H29N3. The number of aromatic nitrogens is 2. The first kappa shape index (κ1) is 29.3. The van der Waals surface area contributed by atoms with E-state index in [0.29, 0.717) is 11.4 Å². The summed E-state index contributed by atoms with van der Waals surface area (Å²) in [6, 6.07) is 63.3. The number of nitriles is 1. The zero-order valence-corrected chi connectivity index (χ0v) is 27.1. The third-order valence-electron chi connectivity index (χ3n) is 9.54. The third kappa shape index (κ3) is 5.17. The van der Waals surface area contributed by atoms with E-state index in [9.17, 15) is 5.26 Å². The Morgan fingerprint density at radius 2 is 0.980 bits per heavy atom. The second kappa shape index (κ2) is 12.3. The molecule has 0 aliphatic carbocycles. The number of hydrogen-bond donors (Lipinski definition) is 0. The first-order valence-electron chi connectivity index (χ1n) is 16.7. The molecule has 0 saturated carbocycles. The minimum Gasteiger partial charge on any atom is -0.228 e. The molecule has 0 unspecified atom stereocenters. The Labute approximate surface area is 290 Å². The van der Waals surface area contributed by atoms with E-state index in [1.54, 1.807) is 0 Å². The maximum Gasteiger partial charge on any atom is 0.161 e. The smallest absolute Gasteiger partial charge is 0.161 e. The Morgan fingerprint density at radius 1 is 0.380 bits per heavy atom. The molecule has 1 aromatic heterocycles. The van der Waals surface area contributed by atoms with Gasteiger partial charge in [-0.05, 0) is 78.8 Å². The maximum atomic E-state index is 9.25. The van der Waals surface area contributed by atoms with Crippen LogP contribution in [0.15, 0.2) is 176 Å². The van der Waals surface area contributed by atoms with Crippen molar-refractivity contribution in [2.45, 2.75) is 0 Å². The monoisotopic (exact) mass is 635 g/mol. The van der Waals surface area contributed by atoms with Gasteiger partial charge in [-0.3, -0.25) is 0 Å². The van der Waals surface area contributed by atoms with Gasteiger partial charge in [0, 0.05) is 16.7 Å². The minimum atomic E-state index is 0.649. The molecular weight excluding hydrogens is 607 g/mol. The molecule has 50 heavy (non-hydrogen) atoms. The summed E-state index contributed by atoms with van der Waals surface area (Å²) < 4.78 is 0.